The molecule has 2 atom stereocenters. The number of amides is 3. The summed E-state index contributed by atoms with van der Waals surface area (Å²) in [7, 11) is 0. The Hall–Kier alpha value is -2.32. The van der Waals surface area contributed by atoms with Gasteiger partial charge in [0.15, 0.2) is 0 Å². The number of carbonyl (C=O) groups is 4. The van der Waals surface area contributed by atoms with Crippen LogP contribution in [0.5, 0.6) is 0 Å². The van der Waals surface area contributed by atoms with Gasteiger partial charge in [-0.3, -0.25) is 9.59 Å². The van der Waals surface area contributed by atoms with Crippen LogP contribution in [-0.4, -0.2) is 58.1 Å². The molecule has 1 fully saturated rings. The van der Waals surface area contributed by atoms with Gasteiger partial charge in [0.05, 0.1) is 12.3 Å². The fourth-order valence-corrected chi connectivity index (χ4v) is 1.79. The van der Waals surface area contributed by atoms with Crippen LogP contribution in [0, 0.1) is 5.92 Å². The van der Waals surface area contributed by atoms with Crippen LogP contribution >= 0.6 is 0 Å². The first-order valence-corrected chi connectivity index (χ1v) is 5.60. The molecule has 0 bridgehead atoms. The van der Waals surface area contributed by atoms with Crippen molar-refractivity contribution in [2.75, 3.05) is 13.1 Å². The minimum atomic E-state index is -1.50. The van der Waals surface area contributed by atoms with E-state index in [-0.39, 0.29) is 13.1 Å². The van der Waals surface area contributed by atoms with Gasteiger partial charge in [-0.25, -0.2) is 9.59 Å². The van der Waals surface area contributed by atoms with Crippen molar-refractivity contribution < 1.29 is 29.4 Å². The number of likely N-dealkylation sites (tertiary alicyclic amines) is 1. The molecule has 106 valence electrons. The van der Waals surface area contributed by atoms with E-state index in [1.165, 1.54) is 4.90 Å². The van der Waals surface area contributed by atoms with E-state index >= 15 is 0 Å². The fourth-order valence-electron chi connectivity index (χ4n) is 1.79. The van der Waals surface area contributed by atoms with Gasteiger partial charge in [-0.2, -0.15) is 0 Å². The zero-order valence-electron chi connectivity index (χ0n) is 10.0. The van der Waals surface area contributed by atoms with Crippen molar-refractivity contribution in [3.05, 3.63) is 0 Å². The highest BCUT2D eigenvalue weighted by Crippen LogP contribution is 2.15. The molecular weight excluding hydrogens is 258 g/mol. The van der Waals surface area contributed by atoms with E-state index in [1.54, 1.807) is 0 Å². The second-order valence-electron chi connectivity index (χ2n) is 4.27. The van der Waals surface area contributed by atoms with Crippen LogP contribution in [0.4, 0.5) is 4.79 Å². The summed E-state index contributed by atoms with van der Waals surface area (Å²) < 4.78 is 0. The number of urea groups is 1. The van der Waals surface area contributed by atoms with Crippen molar-refractivity contribution in [3.8, 4) is 0 Å². The average Bonchev–Trinajstić information content (AvgIpc) is 2.76. The van der Waals surface area contributed by atoms with Gasteiger partial charge in [0.1, 0.15) is 6.04 Å². The number of rotatable bonds is 5. The number of hydrogen-bond donors (Lipinski definition) is 4. The number of carbonyl (C=O) groups excluding carboxylic acids is 2. The second kappa shape index (κ2) is 6.03. The zero-order valence-corrected chi connectivity index (χ0v) is 10.0. The molecule has 5 N–H and O–H groups in total. The Balaban J connectivity index is 2.56. The number of aliphatic carboxylic acids is 2. The van der Waals surface area contributed by atoms with Gasteiger partial charge in [0.2, 0.25) is 5.91 Å². The number of carboxylic acid groups (broad SMARTS) is 2. The van der Waals surface area contributed by atoms with Crippen molar-refractivity contribution in [1.82, 2.24) is 10.2 Å². The Bertz CT molecular complexity index is 410. The minimum Gasteiger partial charge on any atom is -0.481 e. The monoisotopic (exact) mass is 273 g/mol. The molecule has 0 aromatic carbocycles. The zero-order chi connectivity index (χ0) is 14.6. The lowest BCUT2D eigenvalue weighted by Crippen LogP contribution is -2.48. The molecule has 0 saturated carbocycles. The van der Waals surface area contributed by atoms with Gasteiger partial charge in [-0.15, -0.1) is 0 Å². The van der Waals surface area contributed by atoms with Crippen LogP contribution < -0.4 is 11.1 Å². The molecule has 1 heterocycles. The largest absolute Gasteiger partial charge is 0.481 e. The summed E-state index contributed by atoms with van der Waals surface area (Å²) in [5.41, 5.74) is 5.11. The number of primary amides is 1. The van der Waals surface area contributed by atoms with Gasteiger partial charge in [-0.05, 0) is 6.42 Å². The average molecular weight is 273 g/mol. The molecule has 0 spiro atoms. The van der Waals surface area contributed by atoms with E-state index < -0.39 is 42.3 Å². The molecule has 19 heavy (non-hydrogen) atoms. The maximum atomic E-state index is 11.7. The van der Waals surface area contributed by atoms with Gasteiger partial charge in [-0.1, -0.05) is 0 Å². The highest BCUT2D eigenvalue weighted by molar-refractivity contribution is 5.86. The summed E-state index contributed by atoms with van der Waals surface area (Å²) >= 11 is 0. The molecule has 9 heteroatoms. The van der Waals surface area contributed by atoms with Crippen molar-refractivity contribution in [2.45, 2.75) is 18.9 Å². The smallest absolute Gasteiger partial charge is 0.326 e. The van der Waals surface area contributed by atoms with Crippen LogP contribution in [0.3, 0.4) is 0 Å². The van der Waals surface area contributed by atoms with Crippen LogP contribution in [0.1, 0.15) is 12.8 Å². The van der Waals surface area contributed by atoms with E-state index in [1.807, 2.05) is 0 Å². The summed E-state index contributed by atoms with van der Waals surface area (Å²) in [5, 5.41) is 19.4. The standard InChI is InChI=1S/C10H15N3O6/c11-8(16)5-1-2-13(4-5)10(19)12-6(9(17)18)3-7(14)15/h5-6H,1-4H2,(H2,11,16)(H,12,19)(H,14,15)(H,17,18). The third-order valence-corrected chi connectivity index (χ3v) is 2.85. The predicted octanol–water partition coefficient (Wildman–Crippen LogP) is -1.57. The lowest BCUT2D eigenvalue weighted by Gasteiger charge is -2.19. The van der Waals surface area contributed by atoms with Crippen LogP contribution in [-0.2, 0) is 14.4 Å². The third-order valence-electron chi connectivity index (χ3n) is 2.85. The van der Waals surface area contributed by atoms with Crippen molar-refractivity contribution >= 4 is 23.9 Å². The molecule has 1 saturated heterocycles. The number of carboxylic acids is 2. The number of nitrogens with two attached hydrogens (primary N) is 1. The molecular formula is C10H15N3O6. The molecule has 0 aliphatic carbocycles. The van der Waals surface area contributed by atoms with Crippen molar-refractivity contribution in [2.24, 2.45) is 11.7 Å². The number of hydrogen-bond acceptors (Lipinski definition) is 4. The van der Waals surface area contributed by atoms with E-state index in [0.29, 0.717) is 6.42 Å². The Labute approximate surface area is 108 Å². The van der Waals surface area contributed by atoms with Gasteiger partial charge >= 0.3 is 18.0 Å². The van der Waals surface area contributed by atoms with E-state index in [9.17, 15) is 19.2 Å². The first-order chi connectivity index (χ1) is 8.81. The molecule has 2 unspecified atom stereocenters. The highest BCUT2D eigenvalue weighted by atomic mass is 16.4. The molecule has 1 aliphatic rings. The fraction of sp³-hybridized carbons (Fsp3) is 0.600. The molecule has 0 aromatic heterocycles. The third kappa shape index (κ3) is 4.12. The van der Waals surface area contributed by atoms with Crippen LogP contribution in [0.15, 0.2) is 0 Å². The van der Waals surface area contributed by atoms with E-state index in [4.69, 9.17) is 15.9 Å². The summed E-state index contributed by atoms with van der Waals surface area (Å²) in [6.07, 6.45) is -0.298. The highest BCUT2D eigenvalue weighted by Gasteiger charge is 2.32. The van der Waals surface area contributed by atoms with E-state index in [2.05, 4.69) is 5.32 Å². The second-order valence-corrected chi connectivity index (χ2v) is 4.27. The Morgan fingerprint density at radius 3 is 2.37 bits per heavy atom. The normalized spacial score (nSPS) is 19.8. The first-order valence-electron chi connectivity index (χ1n) is 5.60. The van der Waals surface area contributed by atoms with Gasteiger partial charge < -0.3 is 26.2 Å². The van der Waals surface area contributed by atoms with Crippen molar-refractivity contribution in [1.29, 1.82) is 0 Å². The Kier molecular flexibility index (Phi) is 4.67. The minimum absolute atomic E-state index is 0.112. The molecule has 0 radical (unpaired) electrons. The Morgan fingerprint density at radius 1 is 1.32 bits per heavy atom. The maximum Gasteiger partial charge on any atom is 0.326 e. The summed E-state index contributed by atoms with van der Waals surface area (Å²) in [4.78, 5) is 45.2. The molecule has 1 rings (SSSR count). The van der Waals surface area contributed by atoms with Crippen molar-refractivity contribution in [3.63, 3.8) is 0 Å². The topological polar surface area (TPSA) is 150 Å². The number of nitrogens with one attached hydrogen (secondary N) is 1. The Morgan fingerprint density at radius 2 is 1.95 bits per heavy atom. The molecule has 9 nitrogen and oxygen atoms in total. The molecule has 3 amide bonds. The SMILES string of the molecule is NC(=O)C1CCN(C(=O)NC(CC(=O)O)C(=O)O)C1. The predicted molar refractivity (Wildman–Crippen MR) is 61.1 cm³/mol. The maximum absolute atomic E-state index is 11.7. The molecule has 1 aliphatic heterocycles. The summed E-state index contributed by atoms with van der Waals surface area (Å²) in [6, 6.07) is -2.21. The first kappa shape index (κ1) is 14.7. The van der Waals surface area contributed by atoms with Crippen LogP contribution in [0.2, 0.25) is 0 Å². The summed E-state index contributed by atoms with van der Waals surface area (Å²) in [5.74, 6) is -3.73. The quantitative estimate of drug-likeness (QED) is 0.475. The van der Waals surface area contributed by atoms with Gasteiger partial charge in [0, 0.05) is 13.1 Å². The van der Waals surface area contributed by atoms with E-state index in [0.717, 1.165) is 0 Å². The summed E-state index contributed by atoms with van der Waals surface area (Å²) in [6.45, 7) is 0.388. The molecule has 0 aromatic rings. The number of nitrogens with zero attached hydrogens (tertiary/aromatic N) is 1. The lowest BCUT2D eigenvalue weighted by atomic mass is 10.1. The van der Waals surface area contributed by atoms with Crippen LogP contribution in [0.25, 0.3) is 0 Å². The lowest BCUT2D eigenvalue weighted by molar-refractivity contribution is -0.145. The van der Waals surface area contributed by atoms with Gasteiger partial charge in [0.25, 0.3) is 0 Å².